The smallest absolute Gasteiger partial charge is 0.153 e. The minimum Gasteiger partial charge on any atom is -0.399 e. The minimum absolute atomic E-state index is 0.238. The predicted octanol–water partition coefficient (Wildman–Crippen LogP) is 1.45. The zero-order valence-electron chi connectivity index (χ0n) is 11.6. The molecule has 1 aromatic carbocycles. The van der Waals surface area contributed by atoms with Crippen molar-refractivity contribution in [1.29, 1.82) is 0 Å². The normalized spacial score (nSPS) is 16.6. The van der Waals surface area contributed by atoms with Crippen LogP contribution in [0.25, 0.3) is 0 Å². The average molecular weight is 282 g/mol. The summed E-state index contributed by atoms with van der Waals surface area (Å²) in [5, 5.41) is -0.291. The second kappa shape index (κ2) is 5.51. The van der Waals surface area contributed by atoms with E-state index in [2.05, 4.69) is 11.0 Å². The maximum atomic E-state index is 11.8. The third-order valence-electron chi connectivity index (χ3n) is 3.73. The van der Waals surface area contributed by atoms with Crippen LogP contribution in [0.5, 0.6) is 0 Å². The number of anilines is 1. The summed E-state index contributed by atoms with van der Waals surface area (Å²) in [6.45, 7) is 5.80. The number of hydrogen-bond acceptors (Lipinski definition) is 4. The van der Waals surface area contributed by atoms with Gasteiger partial charge in [0, 0.05) is 25.3 Å². The number of sulfone groups is 1. The maximum absolute atomic E-state index is 11.8. The summed E-state index contributed by atoms with van der Waals surface area (Å²) < 4.78 is 23.7. The van der Waals surface area contributed by atoms with E-state index in [1.165, 1.54) is 11.1 Å². The Bertz CT molecular complexity index is 553. The van der Waals surface area contributed by atoms with Gasteiger partial charge >= 0.3 is 0 Å². The topological polar surface area (TPSA) is 63.4 Å². The first-order chi connectivity index (χ1) is 8.88. The van der Waals surface area contributed by atoms with E-state index in [1.807, 2.05) is 12.1 Å². The van der Waals surface area contributed by atoms with E-state index in [0.717, 1.165) is 25.2 Å². The van der Waals surface area contributed by atoms with E-state index in [1.54, 1.807) is 13.8 Å². The lowest BCUT2D eigenvalue weighted by Gasteiger charge is -2.29. The summed E-state index contributed by atoms with van der Waals surface area (Å²) in [6.07, 6.45) is 0.970. The first kappa shape index (κ1) is 14.3. The molecule has 0 atom stereocenters. The van der Waals surface area contributed by atoms with Gasteiger partial charge in [-0.05, 0) is 43.5 Å². The maximum Gasteiger partial charge on any atom is 0.153 e. The average Bonchev–Trinajstić information content (AvgIpc) is 2.35. The number of benzene rings is 1. The molecule has 0 aliphatic carbocycles. The van der Waals surface area contributed by atoms with Crippen LogP contribution in [-0.2, 0) is 22.8 Å². The van der Waals surface area contributed by atoms with Crippen LogP contribution >= 0.6 is 0 Å². The molecule has 0 radical (unpaired) electrons. The highest BCUT2D eigenvalue weighted by molar-refractivity contribution is 7.92. The number of nitrogen functional groups attached to an aromatic ring is 1. The van der Waals surface area contributed by atoms with E-state index in [-0.39, 0.29) is 11.0 Å². The van der Waals surface area contributed by atoms with E-state index >= 15 is 0 Å². The van der Waals surface area contributed by atoms with Gasteiger partial charge in [0.15, 0.2) is 9.84 Å². The monoisotopic (exact) mass is 282 g/mol. The van der Waals surface area contributed by atoms with Crippen molar-refractivity contribution in [1.82, 2.24) is 4.90 Å². The van der Waals surface area contributed by atoms with Crippen molar-refractivity contribution in [3.63, 3.8) is 0 Å². The van der Waals surface area contributed by atoms with Crippen molar-refractivity contribution >= 4 is 15.5 Å². The zero-order chi connectivity index (χ0) is 14.0. The Morgan fingerprint density at radius 3 is 2.74 bits per heavy atom. The van der Waals surface area contributed by atoms with Crippen LogP contribution in [-0.4, -0.2) is 37.4 Å². The highest BCUT2D eigenvalue weighted by atomic mass is 32.2. The van der Waals surface area contributed by atoms with Gasteiger partial charge in [-0.15, -0.1) is 0 Å². The standard InChI is InChI=1S/C14H22N2O2S/c1-11(2)19(17,18)8-7-16-6-5-12-3-4-14(15)9-13(12)10-16/h3-4,9,11H,5-8,10,15H2,1-2H3. The number of hydrogen-bond donors (Lipinski definition) is 1. The van der Waals surface area contributed by atoms with Gasteiger partial charge in [0.25, 0.3) is 0 Å². The molecule has 0 bridgehead atoms. The summed E-state index contributed by atoms with van der Waals surface area (Å²) in [5.41, 5.74) is 9.13. The molecular weight excluding hydrogens is 260 g/mol. The Morgan fingerprint density at radius 2 is 2.05 bits per heavy atom. The molecule has 0 amide bonds. The van der Waals surface area contributed by atoms with Crippen molar-refractivity contribution in [2.24, 2.45) is 0 Å². The third kappa shape index (κ3) is 3.48. The van der Waals surface area contributed by atoms with Crippen LogP contribution in [0.2, 0.25) is 0 Å². The van der Waals surface area contributed by atoms with Gasteiger partial charge < -0.3 is 5.73 Å². The van der Waals surface area contributed by atoms with Crippen molar-refractivity contribution in [3.05, 3.63) is 29.3 Å². The number of nitrogens with zero attached hydrogens (tertiary/aromatic N) is 1. The number of rotatable bonds is 4. The van der Waals surface area contributed by atoms with E-state index in [9.17, 15) is 8.42 Å². The van der Waals surface area contributed by atoms with Gasteiger partial charge in [0.1, 0.15) is 0 Å². The fourth-order valence-electron chi connectivity index (χ4n) is 2.32. The van der Waals surface area contributed by atoms with E-state index < -0.39 is 9.84 Å². The van der Waals surface area contributed by atoms with Crippen LogP contribution < -0.4 is 5.73 Å². The molecule has 2 rings (SSSR count). The summed E-state index contributed by atoms with van der Waals surface area (Å²) in [6, 6.07) is 6.00. The van der Waals surface area contributed by atoms with Crippen LogP contribution in [0.15, 0.2) is 18.2 Å². The molecule has 0 aromatic heterocycles. The zero-order valence-corrected chi connectivity index (χ0v) is 12.4. The molecule has 1 aliphatic rings. The SMILES string of the molecule is CC(C)S(=O)(=O)CCN1CCc2ccc(N)cc2C1. The first-order valence-corrected chi connectivity index (χ1v) is 8.41. The highest BCUT2D eigenvalue weighted by Gasteiger charge is 2.20. The molecule has 5 heteroatoms. The molecule has 1 heterocycles. The second-order valence-electron chi connectivity index (χ2n) is 5.47. The Morgan fingerprint density at radius 1 is 1.32 bits per heavy atom. The van der Waals surface area contributed by atoms with Crippen molar-refractivity contribution in [2.75, 3.05) is 24.6 Å². The largest absolute Gasteiger partial charge is 0.399 e. The first-order valence-electron chi connectivity index (χ1n) is 6.69. The Kier molecular flexibility index (Phi) is 4.16. The van der Waals surface area contributed by atoms with Gasteiger partial charge in [0.2, 0.25) is 0 Å². The van der Waals surface area contributed by atoms with Crippen LogP contribution in [0.4, 0.5) is 5.69 Å². The van der Waals surface area contributed by atoms with Crippen LogP contribution in [0.3, 0.4) is 0 Å². The summed E-state index contributed by atoms with van der Waals surface area (Å²) in [7, 11) is -2.95. The van der Waals surface area contributed by atoms with Crippen molar-refractivity contribution in [2.45, 2.75) is 32.1 Å². The molecule has 1 aliphatic heterocycles. The molecular formula is C14H22N2O2S. The van der Waals surface area contributed by atoms with Crippen LogP contribution in [0.1, 0.15) is 25.0 Å². The second-order valence-corrected chi connectivity index (χ2v) is 8.15. The highest BCUT2D eigenvalue weighted by Crippen LogP contribution is 2.21. The van der Waals surface area contributed by atoms with Gasteiger partial charge in [-0.1, -0.05) is 6.07 Å². The molecule has 1 aromatic rings. The lowest BCUT2D eigenvalue weighted by atomic mass is 9.99. The molecule has 106 valence electrons. The Labute approximate surface area is 115 Å². The summed E-state index contributed by atoms with van der Waals surface area (Å²) in [5.74, 6) is 0.238. The predicted molar refractivity (Wildman–Crippen MR) is 78.8 cm³/mol. The quantitative estimate of drug-likeness (QED) is 0.849. The van der Waals surface area contributed by atoms with Crippen LogP contribution in [0, 0.1) is 0 Å². The molecule has 0 fully saturated rings. The molecule has 0 spiro atoms. The molecule has 0 unspecified atom stereocenters. The van der Waals surface area contributed by atoms with Crippen molar-refractivity contribution < 1.29 is 8.42 Å². The number of fused-ring (bicyclic) bond motifs is 1. The van der Waals surface area contributed by atoms with E-state index in [4.69, 9.17) is 5.73 Å². The van der Waals surface area contributed by atoms with Crippen molar-refractivity contribution in [3.8, 4) is 0 Å². The van der Waals surface area contributed by atoms with Gasteiger partial charge in [-0.3, -0.25) is 4.90 Å². The molecule has 0 saturated carbocycles. The fraction of sp³-hybridized carbons (Fsp3) is 0.571. The summed E-state index contributed by atoms with van der Waals surface area (Å²) >= 11 is 0. The van der Waals surface area contributed by atoms with Gasteiger partial charge in [-0.25, -0.2) is 8.42 Å². The molecule has 2 N–H and O–H groups in total. The molecule has 19 heavy (non-hydrogen) atoms. The Hall–Kier alpha value is -1.07. The number of nitrogens with two attached hydrogens (primary N) is 1. The van der Waals surface area contributed by atoms with Gasteiger partial charge in [-0.2, -0.15) is 0 Å². The lowest BCUT2D eigenvalue weighted by molar-refractivity contribution is 0.269. The Balaban J connectivity index is 1.99. The lowest BCUT2D eigenvalue weighted by Crippen LogP contribution is -2.35. The minimum atomic E-state index is -2.95. The third-order valence-corrected chi connectivity index (χ3v) is 5.92. The summed E-state index contributed by atoms with van der Waals surface area (Å²) in [4.78, 5) is 2.20. The van der Waals surface area contributed by atoms with Gasteiger partial charge in [0.05, 0.1) is 11.0 Å². The fourth-order valence-corrected chi connectivity index (χ4v) is 3.30. The van der Waals surface area contributed by atoms with E-state index in [0.29, 0.717) is 6.54 Å². The molecule has 0 saturated heterocycles. The molecule has 4 nitrogen and oxygen atoms in total.